The number of pyridine rings is 1. The molecule has 2 heterocycles. The summed E-state index contributed by atoms with van der Waals surface area (Å²) in [7, 11) is 0. The van der Waals surface area contributed by atoms with Crippen molar-refractivity contribution in [1.29, 1.82) is 0 Å². The largest absolute Gasteiger partial charge is 0.352 e. The maximum Gasteiger partial charge on any atom is 0.257 e. The van der Waals surface area contributed by atoms with Crippen LogP contribution in [0.25, 0.3) is 0 Å². The zero-order chi connectivity index (χ0) is 17.8. The van der Waals surface area contributed by atoms with Gasteiger partial charge in [-0.25, -0.2) is 4.39 Å². The predicted molar refractivity (Wildman–Crippen MR) is 91.2 cm³/mol. The lowest BCUT2D eigenvalue weighted by Gasteiger charge is -2.24. The van der Waals surface area contributed by atoms with Crippen LogP contribution in [-0.2, 0) is 11.3 Å². The molecule has 0 bridgehead atoms. The summed E-state index contributed by atoms with van der Waals surface area (Å²) in [6, 6.07) is 9.66. The second kappa shape index (κ2) is 7.42. The van der Waals surface area contributed by atoms with Gasteiger partial charge in [0.05, 0.1) is 17.3 Å². The molecule has 6 heteroatoms. The molecule has 0 radical (unpaired) electrons. The average molecular weight is 341 g/mol. The zero-order valence-corrected chi connectivity index (χ0v) is 14.0. The molecule has 1 saturated heterocycles. The van der Waals surface area contributed by atoms with Crippen molar-refractivity contribution in [1.82, 2.24) is 15.2 Å². The van der Waals surface area contributed by atoms with Gasteiger partial charge in [0.15, 0.2) is 0 Å². The fourth-order valence-corrected chi connectivity index (χ4v) is 3.07. The average Bonchev–Trinajstić information content (AvgIpc) is 3.10. The highest BCUT2D eigenvalue weighted by Gasteiger charge is 2.32. The van der Waals surface area contributed by atoms with Crippen LogP contribution in [0.3, 0.4) is 0 Å². The Morgan fingerprint density at radius 3 is 2.76 bits per heavy atom. The number of likely N-dealkylation sites (tertiary alicyclic amines) is 1. The third-order valence-corrected chi connectivity index (χ3v) is 4.35. The smallest absolute Gasteiger partial charge is 0.257 e. The van der Waals surface area contributed by atoms with Gasteiger partial charge in [-0.05, 0) is 36.6 Å². The van der Waals surface area contributed by atoms with E-state index in [2.05, 4.69) is 10.3 Å². The van der Waals surface area contributed by atoms with Crippen molar-refractivity contribution in [2.45, 2.75) is 32.4 Å². The SMILES string of the molecule is CC(=O)NCc1ccc([C@H]2CCCN2C(=O)c2ccccc2F)nc1. The standard InChI is InChI=1S/C19H20FN3O2/c1-13(24)21-11-14-8-9-17(22-12-14)18-7-4-10-23(18)19(25)15-5-2-3-6-16(15)20/h2-3,5-6,8-9,12,18H,4,7,10-11H2,1H3,(H,21,24)/t18-/m1/s1. The fourth-order valence-electron chi connectivity index (χ4n) is 3.07. The monoisotopic (exact) mass is 341 g/mol. The summed E-state index contributed by atoms with van der Waals surface area (Å²) < 4.78 is 13.9. The van der Waals surface area contributed by atoms with E-state index in [0.29, 0.717) is 13.1 Å². The van der Waals surface area contributed by atoms with Crippen LogP contribution in [0.15, 0.2) is 42.6 Å². The Balaban J connectivity index is 1.76. The number of aromatic nitrogens is 1. The minimum absolute atomic E-state index is 0.0941. The number of halogens is 1. The first-order valence-corrected chi connectivity index (χ1v) is 8.31. The molecule has 5 nitrogen and oxygen atoms in total. The first kappa shape index (κ1) is 17.1. The maximum absolute atomic E-state index is 13.9. The molecule has 1 fully saturated rings. The molecular formula is C19H20FN3O2. The van der Waals surface area contributed by atoms with Gasteiger partial charge in [0.25, 0.3) is 5.91 Å². The van der Waals surface area contributed by atoms with Gasteiger partial charge in [-0.3, -0.25) is 14.6 Å². The molecule has 2 amide bonds. The molecule has 1 N–H and O–H groups in total. The highest BCUT2D eigenvalue weighted by atomic mass is 19.1. The minimum Gasteiger partial charge on any atom is -0.352 e. The number of nitrogens with one attached hydrogen (secondary N) is 1. The molecule has 1 aliphatic rings. The molecule has 0 unspecified atom stereocenters. The zero-order valence-electron chi connectivity index (χ0n) is 14.0. The molecule has 130 valence electrons. The Morgan fingerprint density at radius 1 is 1.28 bits per heavy atom. The molecule has 0 saturated carbocycles. The first-order chi connectivity index (χ1) is 12.1. The van der Waals surface area contributed by atoms with Gasteiger partial charge in [0, 0.05) is 26.2 Å². The molecular weight excluding hydrogens is 321 g/mol. The van der Waals surface area contributed by atoms with Crippen molar-refractivity contribution in [3.05, 3.63) is 65.2 Å². The molecule has 1 aromatic carbocycles. The Labute approximate surface area is 145 Å². The maximum atomic E-state index is 13.9. The van der Waals surface area contributed by atoms with Crippen molar-refractivity contribution >= 4 is 11.8 Å². The van der Waals surface area contributed by atoms with E-state index >= 15 is 0 Å². The predicted octanol–water partition coefficient (Wildman–Crippen LogP) is 2.83. The molecule has 3 rings (SSSR count). The Kier molecular flexibility index (Phi) is 5.07. The lowest BCUT2D eigenvalue weighted by Crippen LogP contribution is -2.31. The number of rotatable bonds is 4. The molecule has 1 atom stereocenters. The van der Waals surface area contributed by atoms with Crippen molar-refractivity contribution in [3.8, 4) is 0 Å². The van der Waals surface area contributed by atoms with E-state index in [-0.39, 0.29) is 23.4 Å². The number of amides is 2. The van der Waals surface area contributed by atoms with Crippen molar-refractivity contribution in [2.75, 3.05) is 6.54 Å². The number of carbonyl (C=O) groups is 2. The van der Waals surface area contributed by atoms with Gasteiger partial charge in [0.2, 0.25) is 5.91 Å². The van der Waals surface area contributed by atoms with Gasteiger partial charge in [-0.15, -0.1) is 0 Å². The van der Waals surface area contributed by atoms with Gasteiger partial charge in [0.1, 0.15) is 5.82 Å². The second-order valence-electron chi connectivity index (χ2n) is 6.14. The summed E-state index contributed by atoms with van der Waals surface area (Å²) in [4.78, 5) is 29.8. The number of carbonyl (C=O) groups excluding carboxylic acids is 2. The summed E-state index contributed by atoms with van der Waals surface area (Å²) in [6.45, 7) is 2.48. The first-order valence-electron chi connectivity index (χ1n) is 8.31. The summed E-state index contributed by atoms with van der Waals surface area (Å²) in [5, 5.41) is 2.72. The van der Waals surface area contributed by atoms with Crippen LogP contribution in [0.1, 0.15) is 47.4 Å². The van der Waals surface area contributed by atoms with E-state index in [9.17, 15) is 14.0 Å². The van der Waals surface area contributed by atoms with E-state index < -0.39 is 5.82 Å². The Bertz CT molecular complexity index is 776. The lowest BCUT2D eigenvalue weighted by atomic mass is 10.1. The van der Waals surface area contributed by atoms with Crippen molar-refractivity contribution in [3.63, 3.8) is 0 Å². The minimum atomic E-state index is -0.503. The fraction of sp³-hybridized carbons (Fsp3) is 0.316. The van der Waals surface area contributed by atoms with E-state index in [1.54, 1.807) is 23.2 Å². The summed E-state index contributed by atoms with van der Waals surface area (Å²) in [6.07, 6.45) is 3.37. The van der Waals surface area contributed by atoms with E-state index in [1.165, 1.54) is 19.1 Å². The van der Waals surface area contributed by atoms with E-state index in [0.717, 1.165) is 24.1 Å². The highest BCUT2D eigenvalue weighted by Crippen LogP contribution is 2.32. The number of nitrogens with zero attached hydrogens (tertiary/aromatic N) is 2. The third kappa shape index (κ3) is 3.84. The Hall–Kier alpha value is -2.76. The second-order valence-corrected chi connectivity index (χ2v) is 6.14. The molecule has 1 aliphatic heterocycles. The quantitative estimate of drug-likeness (QED) is 0.930. The number of hydrogen-bond donors (Lipinski definition) is 1. The van der Waals surface area contributed by atoms with Crippen LogP contribution in [0.4, 0.5) is 4.39 Å². The number of benzene rings is 1. The molecule has 2 aromatic rings. The summed E-state index contributed by atoms with van der Waals surface area (Å²) in [5.74, 6) is -0.900. The summed E-state index contributed by atoms with van der Waals surface area (Å²) in [5.41, 5.74) is 1.77. The van der Waals surface area contributed by atoms with Gasteiger partial charge < -0.3 is 10.2 Å². The van der Waals surface area contributed by atoms with E-state index in [4.69, 9.17) is 0 Å². The van der Waals surface area contributed by atoms with Gasteiger partial charge >= 0.3 is 0 Å². The number of hydrogen-bond acceptors (Lipinski definition) is 3. The van der Waals surface area contributed by atoms with Crippen LogP contribution in [0, 0.1) is 5.82 Å². The molecule has 1 aromatic heterocycles. The molecule has 0 spiro atoms. The van der Waals surface area contributed by atoms with Crippen LogP contribution >= 0.6 is 0 Å². The van der Waals surface area contributed by atoms with Crippen LogP contribution in [-0.4, -0.2) is 28.2 Å². The van der Waals surface area contributed by atoms with Crippen molar-refractivity contribution < 1.29 is 14.0 Å². The third-order valence-electron chi connectivity index (χ3n) is 4.35. The highest BCUT2D eigenvalue weighted by molar-refractivity contribution is 5.94. The van der Waals surface area contributed by atoms with Crippen LogP contribution < -0.4 is 5.32 Å². The molecule has 0 aliphatic carbocycles. The molecule has 25 heavy (non-hydrogen) atoms. The normalized spacial score (nSPS) is 16.7. The topological polar surface area (TPSA) is 62.3 Å². The van der Waals surface area contributed by atoms with Gasteiger partial charge in [-0.1, -0.05) is 18.2 Å². The van der Waals surface area contributed by atoms with Crippen LogP contribution in [0.5, 0.6) is 0 Å². The van der Waals surface area contributed by atoms with Crippen LogP contribution in [0.2, 0.25) is 0 Å². The van der Waals surface area contributed by atoms with Gasteiger partial charge in [-0.2, -0.15) is 0 Å². The van der Waals surface area contributed by atoms with Crippen molar-refractivity contribution in [2.24, 2.45) is 0 Å². The summed E-state index contributed by atoms with van der Waals surface area (Å²) >= 11 is 0. The van der Waals surface area contributed by atoms with E-state index in [1.807, 2.05) is 12.1 Å². The lowest BCUT2D eigenvalue weighted by molar-refractivity contribution is -0.119. The Morgan fingerprint density at radius 2 is 2.08 bits per heavy atom.